The van der Waals surface area contributed by atoms with E-state index in [1.54, 1.807) is 0 Å². The molecule has 2 atom stereocenters. The van der Waals surface area contributed by atoms with E-state index in [0.717, 1.165) is 0 Å². The normalized spacial score (nSPS) is 28.9. The quantitative estimate of drug-likeness (QED) is 0.413. The highest BCUT2D eigenvalue weighted by Gasteiger charge is 2.35. The zero-order valence-corrected chi connectivity index (χ0v) is 8.67. The van der Waals surface area contributed by atoms with Crippen LogP contribution in [0.3, 0.4) is 0 Å². The number of hydrogen-bond acceptors (Lipinski definition) is 3. The predicted molar refractivity (Wildman–Crippen MR) is 52.5 cm³/mol. The van der Waals surface area contributed by atoms with Gasteiger partial charge in [0.05, 0.1) is 24.3 Å². The van der Waals surface area contributed by atoms with E-state index in [1.165, 1.54) is 0 Å². The maximum absolute atomic E-state index is 10.5. The molecule has 1 saturated heterocycles. The van der Waals surface area contributed by atoms with Crippen molar-refractivity contribution in [3.05, 3.63) is 10.4 Å². The van der Waals surface area contributed by atoms with Crippen molar-refractivity contribution < 1.29 is 14.6 Å². The highest BCUT2D eigenvalue weighted by Crippen LogP contribution is 2.26. The Labute approximate surface area is 87.0 Å². The molecule has 1 heterocycles. The van der Waals surface area contributed by atoms with Gasteiger partial charge in [0.1, 0.15) is 0 Å². The minimum Gasteiger partial charge on any atom is -0.465 e. The summed E-state index contributed by atoms with van der Waals surface area (Å²) in [6, 6.07) is -0.860. The van der Waals surface area contributed by atoms with Crippen molar-refractivity contribution in [3.8, 4) is 0 Å². The first-order valence-corrected chi connectivity index (χ1v) is 4.62. The molecule has 0 bridgehead atoms. The van der Waals surface area contributed by atoms with E-state index < -0.39 is 18.2 Å². The van der Waals surface area contributed by atoms with Gasteiger partial charge in [-0.3, -0.25) is 0 Å². The van der Waals surface area contributed by atoms with Crippen molar-refractivity contribution in [1.82, 2.24) is 5.32 Å². The van der Waals surface area contributed by atoms with Crippen molar-refractivity contribution in [3.63, 3.8) is 0 Å². The van der Waals surface area contributed by atoms with Gasteiger partial charge in [0.15, 0.2) is 0 Å². The molecule has 1 fully saturated rings. The molecule has 0 aromatic carbocycles. The number of amides is 1. The summed E-state index contributed by atoms with van der Waals surface area (Å²) >= 11 is 0. The first kappa shape index (κ1) is 11.6. The molecule has 0 aliphatic carbocycles. The van der Waals surface area contributed by atoms with Gasteiger partial charge in [-0.05, 0) is 25.8 Å². The number of rotatable bonds is 2. The molecular weight excluding hydrogens is 200 g/mol. The van der Waals surface area contributed by atoms with Crippen LogP contribution in [0.25, 0.3) is 10.4 Å². The van der Waals surface area contributed by atoms with E-state index >= 15 is 0 Å². The van der Waals surface area contributed by atoms with Gasteiger partial charge < -0.3 is 15.2 Å². The summed E-state index contributed by atoms with van der Waals surface area (Å²) in [5, 5.41) is 14.4. The van der Waals surface area contributed by atoms with Crippen LogP contribution in [0.15, 0.2) is 5.11 Å². The van der Waals surface area contributed by atoms with Crippen molar-refractivity contribution >= 4 is 6.09 Å². The van der Waals surface area contributed by atoms with Gasteiger partial charge in [-0.1, -0.05) is 5.11 Å². The third kappa shape index (κ3) is 3.30. The maximum Gasteiger partial charge on any atom is 0.404 e. The van der Waals surface area contributed by atoms with Crippen molar-refractivity contribution in [2.45, 2.75) is 38.0 Å². The Bertz CT molecular complexity index is 298. The summed E-state index contributed by atoms with van der Waals surface area (Å²) in [5.74, 6) is 0. The molecule has 0 spiro atoms. The molecule has 0 radical (unpaired) electrons. The van der Waals surface area contributed by atoms with E-state index in [0.29, 0.717) is 6.42 Å². The second-order valence-electron chi connectivity index (χ2n) is 4.10. The lowest BCUT2D eigenvalue weighted by atomic mass is 9.91. The average molecular weight is 214 g/mol. The van der Waals surface area contributed by atoms with Crippen LogP contribution in [0.2, 0.25) is 0 Å². The minimum atomic E-state index is -1.14. The number of carbonyl (C=O) groups is 1. The van der Waals surface area contributed by atoms with Gasteiger partial charge >= 0.3 is 6.09 Å². The fourth-order valence-electron chi connectivity index (χ4n) is 1.62. The monoisotopic (exact) mass is 214 g/mol. The van der Waals surface area contributed by atoms with Gasteiger partial charge in [-0.15, -0.1) is 0 Å². The third-order valence-electron chi connectivity index (χ3n) is 2.33. The third-order valence-corrected chi connectivity index (χ3v) is 2.33. The maximum atomic E-state index is 10.5. The van der Waals surface area contributed by atoms with Crippen LogP contribution in [0, 0.1) is 0 Å². The molecule has 1 aliphatic rings. The predicted octanol–water partition coefficient (Wildman–Crippen LogP) is 1.50. The van der Waals surface area contributed by atoms with E-state index in [4.69, 9.17) is 15.4 Å². The smallest absolute Gasteiger partial charge is 0.404 e. The second kappa shape index (κ2) is 4.37. The van der Waals surface area contributed by atoms with Crippen LogP contribution in [0.5, 0.6) is 0 Å². The Kier molecular flexibility index (Phi) is 3.39. The molecular formula is C8H14N4O3. The Morgan fingerprint density at radius 2 is 2.40 bits per heavy atom. The van der Waals surface area contributed by atoms with Crippen LogP contribution < -0.4 is 5.32 Å². The van der Waals surface area contributed by atoms with Crippen LogP contribution in [0.1, 0.15) is 20.3 Å². The van der Waals surface area contributed by atoms with Crippen LogP contribution in [-0.2, 0) is 4.74 Å². The molecule has 0 aromatic heterocycles. The number of carboxylic acid groups (broad SMARTS) is 1. The molecule has 1 rings (SSSR count). The topological polar surface area (TPSA) is 107 Å². The van der Waals surface area contributed by atoms with E-state index in [2.05, 4.69) is 15.3 Å². The molecule has 0 saturated carbocycles. The Morgan fingerprint density at radius 3 is 2.93 bits per heavy atom. The number of hydrogen-bond donors (Lipinski definition) is 2. The lowest BCUT2D eigenvalue weighted by Crippen LogP contribution is -2.53. The highest BCUT2D eigenvalue weighted by molar-refractivity contribution is 5.65. The van der Waals surface area contributed by atoms with Crippen molar-refractivity contribution in [2.24, 2.45) is 5.11 Å². The van der Waals surface area contributed by atoms with E-state index in [-0.39, 0.29) is 12.2 Å². The number of nitrogens with one attached hydrogen (secondary N) is 1. The average Bonchev–Trinajstić information content (AvgIpc) is 2.09. The largest absolute Gasteiger partial charge is 0.465 e. The molecule has 1 aliphatic heterocycles. The zero-order valence-electron chi connectivity index (χ0n) is 8.67. The van der Waals surface area contributed by atoms with Crippen LogP contribution in [0.4, 0.5) is 4.79 Å². The van der Waals surface area contributed by atoms with E-state index in [1.807, 2.05) is 13.8 Å². The van der Waals surface area contributed by atoms with E-state index in [9.17, 15) is 4.79 Å². The zero-order chi connectivity index (χ0) is 11.5. The summed E-state index contributed by atoms with van der Waals surface area (Å²) in [5.41, 5.74) is 8.00. The molecule has 0 aromatic rings. The summed E-state index contributed by atoms with van der Waals surface area (Å²) in [4.78, 5) is 13.2. The molecule has 15 heavy (non-hydrogen) atoms. The highest BCUT2D eigenvalue weighted by atomic mass is 16.5. The molecule has 7 nitrogen and oxygen atoms in total. The van der Waals surface area contributed by atoms with Crippen LogP contribution >= 0.6 is 0 Å². The minimum absolute atomic E-state index is 0.225. The standard InChI is InChI=1S/C8H14N4O3/c1-8(2)3-5(11-12-9)6(4-15-8)10-7(13)14/h5-6,10H,3-4H2,1-2H3,(H,13,14)/t5-,6-/m1/s1. The van der Waals surface area contributed by atoms with Crippen molar-refractivity contribution in [2.75, 3.05) is 6.61 Å². The summed E-state index contributed by atoms with van der Waals surface area (Å²) in [7, 11) is 0. The Hall–Kier alpha value is -1.46. The first-order chi connectivity index (χ1) is 6.94. The Balaban J connectivity index is 2.71. The fourth-order valence-corrected chi connectivity index (χ4v) is 1.62. The summed E-state index contributed by atoms with van der Waals surface area (Å²) < 4.78 is 5.45. The van der Waals surface area contributed by atoms with Gasteiger partial charge in [0.2, 0.25) is 0 Å². The Morgan fingerprint density at radius 1 is 1.73 bits per heavy atom. The number of nitrogens with zero attached hydrogens (tertiary/aromatic N) is 3. The summed E-state index contributed by atoms with van der Waals surface area (Å²) in [6.07, 6.45) is -0.636. The number of azide groups is 1. The van der Waals surface area contributed by atoms with Gasteiger partial charge in [-0.2, -0.15) is 0 Å². The SMILES string of the molecule is CC1(C)C[C@@H](N=[N+]=[N-])[C@H](NC(=O)O)CO1. The lowest BCUT2D eigenvalue weighted by molar-refractivity contribution is -0.0715. The first-order valence-electron chi connectivity index (χ1n) is 4.62. The summed E-state index contributed by atoms with van der Waals surface area (Å²) in [6.45, 7) is 3.98. The number of ether oxygens (including phenoxy) is 1. The second-order valence-corrected chi connectivity index (χ2v) is 4.10. The molecule has 2 N–H and O–H groups in total. The fraction of sp³-hybridized carbons (Fsp3) is 0.875. The van der Waals surface area contributed by atoms with Gasteiger partial charge in [0.25, 0.3) is 0 Å². The molecule has 0 unspecified atom stereocenters. The van der Waals surface area contributed by atoms with Gasteiger partial charge in [-0.25, -0.2) is 4.79 Å². The lowest BCUT2D eigenvalue weighted by Gasteiger charge is -2.38. The molecule has 1 amide bonds. The molecule has 84 valence electrons. The van der Waals surface area contributed by atoms with Gasteiger partial charge in [0, 0.05) is 4.91 Å². The van der Waals surface area contributed by atoms with Crippen LogP contribution in [-0.4, -0.2) is 35.5 Å². The molecule has 7 heteroatoms. The van der Waals surface area contributed by atoms with Crippen molar-refractivity contribution in [1.29, 1.82) is 0 Å².